The summed E-state index contributed by atoms with van der Waals surface area (Å²) < 4.78 is 5.00. The van der Waals surface area contributed by atoms with E-state index < -0.39 is 72.0 Å². The predicted octanol–water partition coefficient (Wildman–Crippen LogP) is 0.600. The molecule has 1 aliphatic rings. The summed E-state index contributed by atoms with van der Waals surface area (Å²) in [5.41, 5.74) is 14.8. The number of hydrogen-bond acceptors (Lipinski definition) is 10. The van der Waals surface area contributed by atoms with Gasteiger partial charge < -0.3 is 47.9 Å². The van der Waals surface area contributed by atoms with Gasteiger partial charge in [0.15, 0.2) is 5.78 Å². The Kier molecular flexibility index (Phi) is 17.7. The highest BCUT2D eigenvalue weighted by Crippen LogP contribution is 2.21. The van der Waals surface area contributed by atoms with Gasteiger partial charge in [-0.1, -0.05) is 49.7 Å². The van der Waals surface area contributed by atoms with Gasteiger partial charge in [0.05, 0.1) is 18.8 Å². The predicted molar refractivity (Wildman–Crippen MR) is 204 cm³/mol. The number of carbonyl (C=O) groups is 6. The molecule has 0 aliphatic carbocycles. The number of epoxide rings is 1. The van der Waals surface area contributed by atoms with E-state index in [1.807, 2.05) is 24.3 Å². The normalized spacial score (nSPS) is 16.8. The van der Waals surface area contributed by atoms with Crippen LogP contribution >= 0.6 is 0 Å². The van der Waals surface area contributed by atoms with Gasteiger partial charge in [-0.05, 0) is 101 Å². The Balaban J connectivity index is 1.60. The number of benzene rings is 2. The van der Waals surface area contributed by atoms with Gasteiger partial charge in [-0.2, -0.15) is 0 Å². The fourth-order valence-corrected chi connectivity index (χ4v) is 5.70. The second-order valence-corrected chi connectivity index (χ2v) is 13.7. The second-order valence-electron chi connectivity index (χ2n) is 13.7. The molecular weight excluding hydrogens is 694 g/mol. The van der Waals surface area contributed by atoms with E-state index in [1.165, 1.54) is 26.3 Å². The number of amides is 5. The molecule has 0 saturated carbocycles. The van der Waals surface area contributed by atoms with Crippen molar-refractivity contribution in [2.45, 2.75) is 115 Å². The highest BCUT2D eigenvalue weighted by atomic mass is 16.6. The smallest absolute Gasteiger partial charge is 0.251 e. The minimum atomic E-state index is -1.50. The zero-order chi connectivity index (χ0) is 39.8. The van der Waals surface area contributed by atoms with Crippen molar-refractivity contribution in [1.82, 2.24) is 26.6 Å². The molecule has 1 unspecified atom stereocenters. The monoisotopic (exact) mass is 751 g/mol. The molecule has 1 fully saturated rings. The number of aliphatic hydroxyl groups is 1. The van der Waals surface area contributed by atoms with Crippen molar-refractivity contribution in [1.29, 1.82) is 0 Å². The summed E-state index contributed by atoms with van der Waals surface area (Å²) in [5, 5.41) is 23.3. The Bertz CT molecular complexity index is 1560. The number of nitrogens with one attached hydrogen (secondary N) is 5. The van der Waals surface area contributed by atoms with E-state index in [0.29, 0.717) is 31.6 Å². The molecule has 2 aromatic rings. The number of Topliss-reactive ketones (excluding diaryl/α,β-unsaturated/α-hetero) is 1. The minimum Gasteiger partial charge on any atom is -0.391 e. The molecule has 1 aliphatic heterocycles. The van der Waals surface area contributed by atoms with Crippen molar-refractivity contribution in [3.63, 3.8) is 0 Å². The lowest BCUT2D eigenvalue weighted by Crippen LogP contribution is -2.60. The largest absolute Gasteiger partial charge is 0.391 e. The van der Waals surface area contributed by atoms with E-state index >= 15 is 0 Å². The molecule has 0 aromatic heterocycles. The number of nitrogens with two attached hydrogens (primary N) is 2. The van der Waals surface area contributed by atoms with Crippen LogP contribution in [0.25, 0.3) is 11.1 Å². The van der Waals surface area contributed by atoms with Crippen LogP contribution in [-0.2, 0) is 35.1 Å². The van der Waals surface area contributed by atoms with Gasteiger partial charge in [0, 0.05) is 5.56 Å². The van der Waals surface area contributed by atoms with Crippen LogP contribution in [0.1, 0.15) is 82.1 Å². The Hall–Kier alpha value is -4.70. The molecule has 54 heavy (non-hydrogen) atoms. The summed E-state index contributed by atoms with van der Waals surface area (Å²) in [5.74, 6) is -3.73. The van der Waals surface area contributed by atoms with Gasteiger partial charge in [-0.3, -0.25) is 28.8 Å². The summed E-state index contributed by atoms with van der Waals surface area (Å²) >= 11 is 0. The SMILES string of the molecule is CCCCc1ccc(-c2ccc(C(=O)N[C@@H](CCN)C(=O)N[C@H](C(=O)N[C@@H](C)C(=O)N[C@@H](CCCCN)C(=O)N[C@@H](C)C(=O)C3CO3)[C@@H](C)O)cc2)cc1. The first-order chi connectivity index (χ1) is 25.8. The Labute approximate surface area is 317 Å². The number of rotatable bonds is 23. The molecule has 2 aromatic carbocycles. The van der Waals surface area contributed by atoms with E-state index in [-0.39, 0.29) is 25.2 Å². The van der Waals surface area contributed by atoms with Crippen LogP contribution in [0.5, 0.6) is 0 Å². The number of hydrogen-bond donors (Lipinski definition) is 8. The molecule has 15 nitrogen and oxygen atoms in total. The number of ketones is 1. The first kappa shape index (κ1) is 43.7. The zero-order valence-corrected chi connectivity index (χ0v) is 31.7. The fraction of sp³-hybridized carbons (Fsp3) is 0.538. The number of aryl methyl sites for hydroxylation is 1. The fourth-order valence-electron chi connectivity index (χ4n) is 5.70. The summed E-state index contributed by atoms with van der Waals surface area (Å²) in [4.78, 5) is 78.3. The molecule has 0 spiro atoms. The Morgan fingerprint density at radius 1 is 0.704 bits per heavy atom. The zero-order valence-electron chi connectivity index (χ0n) is 31.7. The van der Waals surface area contributed by atoms with E-state index in [9.17, 15) is 33.9 Å². The van der Waals surface area contributed by atoms with Crippen LogP contribution in [0.3, 0.4) is 0 Å². The van der Waals surface area contributed by atoms with Crippen molar-refractivity contribution < 1.29 is 38.6 Å². The maximum atomic E-state index is 13.4. The third-order valence-electron chi connectivity index (χ3n) is 9.16. The minimum absolute atomic E-state index is 0.0373. The maximum absolute atomic E-state index is 13.4. The summed E-state index contributed by atoms with van der Waals surface area (Å²) in [6.45, 7) is 7.08. The van der Waals surface area contributed by atoms with Crippen molar-refractivity contribution in [2.24, 2.45) is 11.5 Å². The Morgan fingerprint density at radius 3 is 1.83 bits per heavy atom. The van der Waals surface area contributed by atoms with Gasteiger partial charge in [0.1, 0.15) is 30.3 Å². The van der Waals surface area contributed by atoms with Crippen molar-refractivity contribution in [2.75, 3.05) is 19.7 Å². The van der Waals surface area contributed by atoms with E-state index in [4.69, 9.17) is 16.2 Å². The van der Waals surface area contributed by atoms with Crippen molar-refractivity contribution >= 4 is 35.3 Å². The Morgan fingerprint density at radius 2 is 1.28 bits per heavy atom. The third kappa shape index (κ3) is 13.6. The molecule has 15 heteroatoms. The molecular formula is C39H57N7O8. The number of carbonyl (C=O) groups excluding carboxylic acids is 6. The second kappa shape index (κ2) is 21.9. The van der Waals surface area contributed by atoms with Crippen LogP contribution in [-0.4, -0.2) is 103 Å². The third-order valence-corrected chi connectivity index (χ3v) is 9.16. The van der Waals surface area contributed by atoms with Gasteiger partial charge in [0.2, 0.25) is 23.6 Å². The molecule has 0 bridgehead atoms. The van der Waals surface area contributed by atoms with Gasteiger partial charge in [0.25, 0.3) is 5.91 Å². The van der Waals surface area contributed by atoms with Gasteiger partial charge >= 0.3 is 0 Å². The van der Waals surface area contributed by atoms with Crippen LogP contribution < -0.4 is 38.1 Å². The first-order valence-corrected chi connectivity index (χ1v) is 18.7. The molecule has 3 rings (SSSR count). The van der Waals surface area contributed by atoms with Crippen LogP contribution in [0.15, 0.2) is 48.5 Å². The average Bonchev–Trinajstić information content (AvgIpc) is 4.01. The lowest BCUT2D eigenvalue weighted by molar-refractivity contribution is -0.135. The standard InChI is InChI=1S/C39H57N7O8/c1-5-6-9-26-11-13-27(14-12-26)28-15-17-29(18-16-28)36(50)45-31(19-21-41)38(52)46-33(25(4)47)39(53)43-24(3)35(49)44-30(10-7-8-20-40)37(51)42-23(2)34(48)32-22-54-32/h11-18,23-25,30-33,47H,5-10,19-22,40-41H2,1-4H3,(H,42,51)(H,43,53)(H,44,49)(H,45,50)(H,46,52)/t23-,24-,25+,30-,31-,32?,33-/m0/s1. The van der Waals surface area contributed by atoms with Gasteiger partial charge in [-0.25, -0.2) is 0 Å². The molecule has 7 atom stereocenters. The lowest BCUT2D eigenvalue weighted by Gasteiger charge is -2.26. The van der Waals surface area contributed by atoms with Crippen molar-refractivity contribution in [3.05, 3.63) is 59.7 Å². The highest BCUT2D eigenvalue weighted by Gasteiger charge is 2.36. The molecule has 1 saturated heterocycles. The van der Waals surface area contributed by atoms with E-state index in [0.717, 1.165) is 30.4 Å². The number of aliphatic hydroxyl groups excluding tert-OH is 1. The van der Waals surface area contributed by atoms with Gasteiger partial charge in [-0.15, -0.1) is 0 Å². The quantitative estimate of drug-likeness (QED) is 0.0580. The van der Waals surface area contributed by atoms with E-state index in [1.54, 1.807) is 12.1 Å². The summed E-state index contributed by atoms with van der Waals surface area (Å²) in [6, 6.07) is 9.54. The van der Waals surface area contributed by atoms with Crippen LogP contribution in [0.2, 0.25) is 0 Å². The van der Waals surface area contributed by atoms with E-state index in [2.05, 4.69) is 45.6 Å². The first-order valence-electron chi connectivity index (χ1n) is 18.7. The average molecular weight is 752 g/mol. The molecule has 10 N–H and O–H groups in total. The number of unbranched alkanes of at least 4 members (excludes halogenated alkanes) is 2. The van der Waals surface area contributed by atoms with Crippen LogP contribution in [0.4, 0.5) is 0 Å². The summed E-state index contributed by atoms with van der Waals surface area (Å²) in [7, 11) is 0. The molecule has 1 heterocycles. The highest BCUT2D eigenvalue weighted by molar-refractivity contribution is 5.99. The van der Waals surface area contributed by atoms with Crippen molar-refractivity contribution in [3.8, 4) is 11.1 Å². The molecule has 5 amide bonds. The maximum Gasteiger partial charge on any atom is 0.251 e. The van der Waals surface area contributed by atoms with Crippen LogP contribution in [0, 0.1) is 0 Å². The molecule has 0 radical (unpaired) electrons. The summed E-state index contributed by atoms with van der Waals surface area (Å²) in [6.07, 6.45) is 2.71. The lowest BCUT2D eigenvalue weighted by atomic mass is 10.0. The number of ether oxygens (including phenoxy) is 1. The molecule has 296 valence electrons. The topological polar surface area (TPSA) is 247 Å².